The monoisotopic (exact) mass is 515 g/mol. The van der Waals surface area contributed by atoms with Crippen LogP contribution in [0.3, 0.4) is 0 Å². The van der Waals surface area contributed by atoms with Crippen LogP contribution < -0.4 is 4.72 Å². The number of aliphatic hydroxyl groups excluding tert-OH is 2. The van der Waals surface area contributed by atoms with E-state index in [2.05, 4.69) is 4.72 Å². The lowest BCUT2D eigenvalue weighted by atomic mass is 9.94. The maximum atomic E-state index is 13.9. The van der Waals surface area contributed by atoms with E-state index in [0.717, 1.165) is 19.3 Å². The number of aliphatic hydroxyl groups is 2. The highest BCUT2D eigenvalue weighted by atomic mass is 32.2. The largest absolute Gasteiger partial charge is 0.463 e. The summed E-state index contributed by atoms with van der Waals surface area (Å²) in [5.74, 6) is -2.75. The van der Waals surface area contributed by atoms with Gasteiger partial charge in [0.2, 0.25) is 10.0 Å². The molecule has 196 valence electrons. The van der Waals surface area contributed by atoms with Gasteiger partial charge in [-0.05, 0) is 56.0 Å². The normalized spacial score (nSPS) is 26.5. The number of nitrogens with one attached hydrogen (secondary N) is 1. The molecule has 1 aliphatic heterocycles. The molecule has 1 heterocycles. The molecule has 1 aromatic carbocycles. The molecule has 9 nitrogen and oxygen atoms in total. The van der Waals surface area contributed by atoms with Crippen LogP contribution in [0.4, 0.5) is 10.1 Å². The second-order valence-corrected chi connectivity index (χ2v) is 10.6. The van der Waals surface area contributed by atoms with Crippen LogP contribution in [-0.2, 0) is 35.4 Å². The van der Waals surface area contributed by atoms with Crippen LogP contribution in [0.1, 0.15) is 51.5 Å². The maximum Gasteiger partial charge on any atom is 0.335 e. The minimum absolute atomic E-state index is 0.0309. The smallest absolute Gasteiger partial charge is 0.335 e. The van der Waals surface area contributed by atoms with E-state index in [4.69, 9.17) is 14.2 Å². The summed E-state index contributed by atoms with van der Waals surface area (Å²) >= 11 is 0. The van der Waals surface area contributed by atoms with Crippen LogP contribution in [0.5, 0.6) is 0 Å². The summed E-state index contributed by atoms with van der Waals surface area (Å²) in [6.07, 6.45) is 2.84. The van der Waals surface area contributed by atoms with Gasteiger partial charge in [-0.3, -0.25) is 4.72 Å². The third-order valence-electron chi connectivity index (χ3n) is 6.21. The summed E-state index contributed by atoms with van der Waals surface area (Å²) in [6, 6.07) is 3.88. The van der Waals surface area contributed by atoms with Crippen molar-refractivity contribution in [2.75, 3.05) is 24.5 Å². The number of ether oxygens (including phenoxy) is 3. The Kier molecular flexibility index (Phi) is 9.28. The second kappa shape index (κ2) is 11.8. The second-order valence-electron chi connectivity index (χ2n) is 8.74. The fourth-order valence-corrected chi connectivity index (χ4v) is 6.04. The molecule has 0 saturated carbocycles. The zero-order valence-corrected chi connectivity index (χ0v) is 20.9. The van der Waals surface area contributed by atoms with E-state index < -0.39 is 58.3 Å². The first kappa shape index (κ1) is 27.5. The van der Waals surface area contributed by atoms with Crippen molar-refractivity contribution in [3.05, 3.63) is 41.2 Å². The number of hydrogen-bond donors (Lipinski definition) is 3. The Morgan fingerprint density at radius 1 is 1.20 bits per heavy atom. The number of aryl methyl sites for hydroxylation is 1. The van der Waals surface area contributed by atoms with Crippen molar-refractivity contribution in [1.82, 2.24) is 0 Å². The van der Waals surface area contributed by atoms with Crippen molar-refractivity contribution in [3.8, 4) is 0 Å². The molecule has 3 unspecified atom stereocenters. The summed E-state index contributed by atoms with van der Waals surface area (Å²) in [5, 5.41) is 17.8. The van der Waals surface area contributed by atoms with E-state index in [1.807, 2.05) is 6.92 Å². The molecule has 1 aliphatic carbocycles. The molecule has 2 aliphatic rings. The van der Waals surface area contributed by atoms with E-state index in [9.17, 15) is 27.8 Å². The van der Waals surface area contributed by atoms with Crippen LogP contribution in [0.15, 0.2) is 29.8 Å². The average Bonchev–Trinajstić information content (AvgIpc) is 3.17. The van der Waals surface area contributed by atoms with Gasteiger partial charge in [-0.1, -0.05) is 19.8 Å². The zero-order valence-electron chi connectivity index (χ0n) is 20.0. The van der Waals surface area contributed by atoms with Gasteiger partial charge < -0.3 is 24.4 Å². The third kappa shape index (κ3) is 6.39. The van der Waals surface area contributed by atoms with Gasteiger partial charge in [-0.2, -0.15) is 0 Å². The minimum Gasteiger partial charge on any atom is -0.463 e. The summed E-state index contributed by atoms with van der Waals surface area (Å²) in [5.41, 5.74) is 0.644. The summed E-state index contributed by atoms with van der Waals surface area (Å²) in [7, 11) is -4.15. The van der Waals surface area contributed by atoms with Gasteiger partial charge in [0.1, 0.15) is 23.3 Å². The zero-order chi connectivity index (χ0) is 25.6. The predicted molar refractivity (Wildman–Crippen MR) is 127 cm³/mol. The lowest BCUT2D eigenvalue weighted by Gasteiger charge is -2.33. The molecule has 1 spiro atoms. The van der Waals surface area contributed by atoms with E-state index in [0.29, 0.717) is 12.0 Å². The number of carbonyl (C=O) groups is 1. The van der Waals surface area contributed by atoms with E-state index in [1.165, 1.54) is 24.3 Å². The fraction of sp³-hybridized carbons (Fsp3) is 0.625. The Balaban J connectivity index is 1.92. The quantitative estimate of drug-likeness (QED) is 0.303. The van der Waals surface area contributed by atoms with Crippen LogP contribution in [-0.4, -0.2) is 67.7 Å². The first-order valence-electron chi connectivity index (χ1n) is 12.0. The molecular formula is C24H34FNO8S. The molecule has 0 aromatic heterocycles. The topological polar surface area (TPSA) is 131 Å². The number of rotatable bonds is 11. The summed E-state index contributed by atoms with van der Waals surface area (Å²) in [6.45, 7) is 2.85. The standard InChI is InChI=1S/C24H34FNO8S/c1-3-5-6-7-16-12-17(25)8-9-19(16)26-35(30,31)22-10-11-24(13-18(22)23(29)32-4-2)33-20(14-27)21(15-28)34-24/h8-9,12-13,20-22,26-28H,3-7,10-11,14-15H2,1-2H3. The Hall–Kier alpha value is -2.05. The molecule has 1 fully saturated rings. The van der Waals surface area contributed by atoms with E-state index >= 15 is 0 Å². The lowest BCUT2D eigenvalue weighted by Crippen LogP contribution is -2.43. The van der Waals surface area contributed by atoms with Gasteiger partial charge in [0.05, 0.1) is 31.1 Å². The first-order chi connectivity index (χ1) is 16.7. The fourth-order valence-electron chi connectivity index (χ4n) is 4.46. The lowest BCUT2D eigenvalue weighted by molar-refractivity contribution is -0.154. The highest BCUT2D eigenvalue weighted by Gasteiger charge is 2.51. The molecule has 1 aromatic rings. The number of unbranched alkanes of at least 4 members (excludes halogenated alkanes) is 2. The molecule has 0 amide bonds. The first-order valence-corrected chi connectivity index (χ1v) is 13.5. The van der Waals surface area contributed by atoms with Gasteiger partial charge in [0, 0.05) is 6.42 Å². The minimum atomic E-state index is -4.15. The Morgan fingerprint density at radius 3 is 2.49 bits per heavy atom. The molecule has 35 heavy (non-hydrogen) atoms. The van der Waals surface area contributed by atoms with Crippen molar-refractivity contribution in [2.45, 2.75) is 75.6 Å². The molecule has 3 N–H and O–H groups in total. The van der Waals surface area contributed by atoms with Gasteiger partial charge in [-0.15, -0.1) is 0 Å². The summed E-state index contributed by atoms with van der Waals surface area (Å²) in [4.78, 5) is 12.8. The number of carbonyl (C=O) groups excluding carboxylic acids is 1. The number of benzene rings is 1. The van der Waals surface area contributed by atoms with Crippen molar-refractivity contribution < 1.29 is 42.0 Å². The highest BCUT2D eigenvalue weighted by molar-refractivity contribution is 7.93. The molecule has 0 bridgehead atoms. The molecule has 0 radical (unpaired) electrons. The SMILES string of the molecule is CCCCCc1cc(F)ccc1NS(=O)(=O)C1CCC2(C=C1C(=O)OCC)OC(CO)C(CO)O2. The number of anilines is 1. The van der Waals surface area contributed by atoms with Crippen LogP contribution in [0, 0.1) is 5.82 Å². The van der Waals surface area contributed by atoms with Crippen molar-refractivity contribution in [1.29, 1.82) is 0 Å². The van der Waals surface area contributed by atoms with Crippen LogP contribution in [0.25, 0.3) is 0 Å². The summed E-state index contributed by atoms with van der Waals surface area (Å²) < 4.78 is 60.1. The highest BCUT2D eigenvalue weighted by Crippen LogP contribution is 2.41. The Labute approximate surface area is 205 Å². The molecule has 3 atom stereocenters. The van der Waals surface area contributed by atoms with Crippen molar-refractivity contribution >= 4 is 21.7 Å². The molecular weight excluding hydrogens is 481 g/mol. The predicted octanol–water partition coefficient (Wildman–Crippen LogP) is 2.42. The number of hydrogen-bond acceptors (Lipinski definition) is 8. The van der Waals surface area contributed by atoms with Crippen LogP contribution >= 0.6 is 0 Å². The number of halogens is 1. The van der Waals surface area contributed by atoms with Crippen LogP contribution in [0.2, 0.25) is 0 Å². The molecule has 3 rings (SSSR count). The van der Waals surface area contributed by atoms with Gasteiger partial charge in [0.15, 0.2) is 5.79 Å². The average molecular weight is 516 g/mol. The molecule has 11 heteroatoms. The van der Waals surface area contributed by atoms with Gasteiger partial charge in [-0.25, -0.2) is 17.6 Å². The van der Waals surface area contributed by atoms with E-state index in [1.54, 1.807) is 6.92 Å². The third-order valence-corrected chi connectivity index (χ3v) is 7.95. The Bertz CT molecular complexity index is 1020. The maximum absolute atomic E-state index is 13.9. The number of sulfonamides is 1. The Morgan fingerprint density at radius 2 is 1.89 bits per heavy atom. The number of esters is 1. The van der Waals surface area contributed by atoms with Crippen molar-refractivity contribution in [3.63, 3.8) is 0 Å². The van der Waals surface area contributed by atoms with Crippen molar-refractivity contribution in [2.24, 2.45) is 0 Å². The molecule has 1 saturated heterocycles. The van der Waals surface area contributed by atoms with E-state index in [-0.39, 0.29) is 30.7 Å². The van der Waals surface area contributed by atoms with Gasteiger partial charge >= 0.3 is 5.97 Å². The van der Waals surface area contributed by atoms with Gasteiger partial charge in [0.25, 0.3) is 0 Å².